The van der Waals surface area contributed by atoms with Gasteiger partial charge in [-0.05, 0) is 43.5 Å². The van der Waals surface area contributed by atoms with Crippen molar-refractivity contribution < 1.29 is 14.6 Å². The van der Waals surface area contributed by atoms with Gasteiger partial charge >= 0.3 is 5.97 Å². The maximum atomic E-state index is 11.0. The molecule has 2 rings (SSSR count). The fourth-order valence-electron chi connectivity index (χ4n) is 2.64. The maximum absolute atomic E-state index is 11.0. The molecule has 1 N–H and O–H groups in total. The van der Waals surface area contributed by atoms with E-state index in [-0.39, 0.29) is 0 Å². The fourth-order valence-corrected chi connectivity index (χ4v) is 2.64. The van der Waals surface area contributed by atoms with Crippen molar-refractivity contribution in [2.75, 3.05) is 19.7 Å². The molecule has 0 spiro atoms. The lowest BCUT2D eigenvalue weighted by Crippen LogP contribution is -2.39. The minimum absolute atomic E-state index is 0.325. The molecule has 1 aliphatic rings. The Hall–Kier alpha value is -1.39. The zero-order valence-corrected chi connectivity index (χ0v) is 12.0. The second-order valence-electron chi connectivity index (χ2n) is 5.38. The second-order valence-corrected chi connectivity index (χ2v) is 5.38. The van der Waals surface area contributed by atoms with Crippen molar-refractivity contribution in [3.8, 4) is 0 Å². The Balaban J connectivity index is 1.92. The van der Waals surface area contributed by atoms with Gasteiger partial charge in [-0.3, -0.25) is 4.90 Å². The molecular weight excluding hydrogens is 254 g/mol. The topological polar surface area (TPSA) is 49.8 Å². The quantitative estimate of drug-likeness (QED) is 0.868. The van der Waals surface area contributed by atoms with E-state index in [1.54, 1.807) is 12.1 Å². The van der Waals surface area contributed by atoms with Crippen molar-refractivity contribution in [3.63, 3.8) is 0 Å². The Bertz CT molecular complexity index is 447. The standard InChI is InChI=1S/C16H23NO3/c1-2-9-20-15-7-4-8-17(12-15)11-13-5-3-6-14(10-13)16(18)19/h3,5-6,10,15H,2,4,7-9,11-12H2,1H3,(H,18,19). The molecule has 0 saturated carbocycles. The molecule has 1 aromatic carbocycles. The van der Waals surface area contributed by atoms with Crippen molar-refractivity contribution in [3.05, 3.63) is 35.4 Å². The van der Waals surface area contributed by atoms with E-state index in [1.807, 2.05) is 12.1 Å². The highest BCUT2D eigenvalue weighted by molar-refractivity contribution is 5.87. The van der Waals surface area contributed by atoms with Crippen molar-refractivity contribution in [1.29, 1.82) is 0 Å². The minimum Gasteiger partial charge on any atom is -0.478 e. The van der Waals surface area contributed by atoms with Crippen LogP contribution in [0.1, 0.15) is 42.1 Å². The van der Waals surface area contributed by atoms with Crippen LogP contribution in [-0.2, 0) is 11.3 Å². The van der Waals surface area contributed by atoms with E-state index in [1.165, 1.54) is 0 Å². The van der Waals surface area contributed by atoms with Gasteiger partial charge in [-0.15, -0.1) is 0 Å². The smallest absolute Gasteiger partial charge is 0.335 e. The molecule has 1 fully saturated rings. The molecule has 0 bridgehead atoms. The summed E-state index contributed by atoms with van der Waals surface area (Å²) in [6.45, 7) is 5.75. The van der Waals surface area contributed by atoms with Crippen molar-refractivity contribution >= 4 is 5.97 Å². The van der Waals surface area contributed by atoms with Gasteiger partial charge in [0.15, 0.2) is 0 Å². The third kappa shape index (κ3) is 4.32. The van der Waals surface area contributed by atoms with E-state index < -0.39 is 5.97 Å². The van der Waals surface area contributed by atoms with Gasteiger partial charge in [-0.25, -0.2) is 4.79 Å². The predicted molar refractivity (Wildman–Crippen MR) is 77.9 cm³/mol. The Morgan fingerprint density at radius 2 is 2.35 bits per heavy atom. The highest BCUT2D eigenvalue weighted by Crippen LogP contribution is 2.17. The third-order valence-corrected chi connectivity index (χ3v) is 3.60. The summed E-state index contributed by atoms with van der Waals surface area (Å²) in [6.07, 6.45) is 3.65. The molecular formula is C16H23NO3. The maximum Gasteiger partial charge on any atom is 0.335 e. The zero-order valence-electron chi connectivity index (χ0n) is 12.0. The Labute approximate surface area is 120 Å². The lowest BCUT2D eigenvalue weighted by Gasteiger charge is -2.32. The van der Waals surface area contributed by atoms with Gasteiger partial charge in [0.05, 0.1) is 11.7 Å². The van der Waals surface area contributed by atoms with E-state index >= 15 is 0 Å². The summed E-state index contributed by atoms with van der Waals surface area (Å²) in [7, 11) is 0. The Morgan fingerprint density at radius 1 is 1.50 bits per heavy atom. The molecule has 1 aromatic rings. The van der Waals surface area contributed by atoms with Gasteiger partial charge in [0.2, 0.25) is 0 Å². The summed E-state index contributed by atoms with van der Waals surface area (Å²) in [6, 6.07) is 7.20. The lowest BCUT2D eigenvalue weighted by atomic mass is 10.1. The molecule has 4 nitrogen and oxygen atoms in total. The van der Waals surface area contributed by atoms with E-state index in [0.717, 1.165) is 51.1 Å². The predicted octanol–water partition coefficient (Wildman–Crippen LogP) is 2.78. The number of ether oxygens (including phenoxy) is 1. The number of nitrogens with zero attached hydrogens (tertiary/aromatic N) is 1. The van der Waals surface area contributed by atoms with Gasteiger partial charge < -0.3 is 9.84 Å². The number of carboxylic acids is 1. The SMILES string of the molecule is CCCOC1CCCN(Cc2cccc(C(=O)O)c2)C1. The molecule has 4 heteroatoms. The van der Waals surface area contributed by atoms with Gasteiger partial charge in [-0.2, -0.15) is 0 Å². The van der Waals surface area contributed by atoms with E-state index in [9.17, 15) is 4.79 Å². The summed E-state index contributed by atoms with van der Waals surface area (Å²) in [5, 5.41) is 9.02. The summed E-state index contributed by atoms with van der Waals surface area (Å²) in [5.41, 5.74) is 1.42. The van der Waals surface area contributed by atoms with Crippen molar-refractivity contribution in [1.82, 2.24) is 4.90 Å². The third-order valence-electron chi connectivity index (χ3n) is 3.60. The first-order valence-corrected chi connectivity index (χ1v) is 7.35. The molecule has 1 atom stereocenters. The zero-order chi connectivity index (χ0) is 14.4. The number of carbonyl (C=O) groups is 1. The Kier molecular flexibility index (Phi) is 5.56. The first-order chi connectivity index (χ1) is 9.69. The molecule has 0 aliphatic carbocycles. The number of carboxylic acid groups (broad SMARTS) is 1. The van der Waals surface area contributed by atoms with Crippen LogP contribution >= 0.6 is 0 Å². The fraction of sp³-hybridized carbons (Fsp3) is 0.562. The molecule has 0 aromatic heterocycles. The van der Waals surface area contributed by atoms with Gasteiger partial charge in [0.25, 0.3) is 0 Å². The molecule has 110 valence electrons. The van der Waals surface area contributed by atoms with E-state index in [0.29, 0.717) is 11.7 Å². The number of hydrogen-bond donors (Lipinski definition) is 1. The first kappa shape index (κ1) is 15.0. The number of aromatic carboxylic acids is 1. The molecule has 1 aliphatic heterocycles. The lowest BCUT2D eigenvalue weighted by molar-refractivity contribution is -0.00224. The van der Waals surface area contributed by atoms with Crippen molar-refractivity contribution in [2.24, 2.45) is 0 Å². The van der Waals surface area contributed by atoms with Crippen LogP contribution in [0.25, 0.3) is 0 Å². The van der Waals surface area contributed by atoms with Crippen LogP contribution in [0, 0.1) is 0 Å². The monoisotopic (exact) mass is 277 g/mol. The van der Waals surface area contributed by atoms with Crippen LogP contribution in [0.15, 0.2) is 24.3 Å². The van der Waals surface area contributed by atoms with Crippen LogP contribution in [0.3, 0.4) is 0 Å². The van der Waals surface area contributed by atoms with Crippen LogP contribution in [0.2, 0.25) is 0 Å². The van der Waals surface area contributed by atoms with Crippen LogP contribution in [0.4, 0.5) is 0 Å². The highest BCUT2D eigenvalue weighted by atomic mass is 16.5. The average molecular weight is 277 g/mol. The van der Waals surface area contributed by atoms with E-state index in [2.05, 4.69) is 11.8 Å². The molecule has 0 amide bonds. The number of likely N-dealkylation sites (tertiary alicyclic amines) is 1. The number of benzene rings is 1. The molecule has 1 saturated heterocycles. The molecule has 20 heavy (non-hydrogen) atoms. The number of rotatable bonds is 6. The first-order valence-electron chi connectivity index (χ1n) is 7.35. The molecule has 0 radical (unpaired) electrons. The van der Waals surface area contributed by atoms with Crippen LogP contribution in [-0.4, -0.2) is 41.8 Å². The van der Waals surface area contributed by atoms with Gasteiger partial charge in [0.1, 0.15) is 0 Å². The number of piperidine rings is 1. The summed E-state index contributed by atoms with van der Waals surface area (Å²) in [5.74, 6) is -0.866. The highest BCUT2D eigenvalue weighted by Gasteiger charge is 2.20. The molecule has 1 unspecified atom stereocenters. The largest absolute Gasteiger partial charge is 0.478 e. The minimum atomic E-state index is -0.866. The molecule has 1 heterocycles. The van der Waals surface area contributed by atoms with Crippen LogP contribution in [0.5, 0.6) is 0 Å². The van der Waals surface area contributed by atoms with Gasteiger partial charge in [-0.1, -0.05) is 19.1 Å². The normalized spacial score (nSPS) is 19.9. The second kappa shape index (κ2) is 7.41. The van der Waals surface area contributed by atoms with E-state index in [4.69, 9.17) is 9.84 Å². The van der Waals surface area contributed by atoms with Crippen molar-refractivity contribution in [2.45, 2.75) is 38.8 Å². The van der Waals surface area contributed by atoms with Crippen LogP contribution < -0.4 is 0 Å². The summed E-state index contributed by atoms with van der Waals surface area (Å²) in [4.78, 5) is 13.3. The average Bonchev–Trinajstić information content (AvgIpc) is 2.46. The summed E-state index contributed by atoms with van der Waals surface area (Å²) >= 11 is 0. The number of hydrogen-bond acceptors (Lipinski definition) is 3. The van der Waals surface area contributed by atoms with Gasteiger partial charge in [0, 0.05) is 19.7 Å². The summed E-state index contributed by atoms with van der Waals surface area (Å²) < 4.78 is 5.83. The Morgan fingerprint density at radius 3 is 3.10 bits per heavy atom.